The third-order valence-electron chi connectivity index (χ3n) is 1.36. The van der Waals surface area contributed by atoms with Crippen molar-refractivity contribution in [2.45, 2.75) is 0 Å². The van der Waals surface area contributed by atoms with Crippen LogP contribution >= 0.6 is 22.6 Å². The Kier molecular flexibility index (Phi) is 9.11. The highest BCUT2D eigenvalue weighted by Crippen LogP contribution is 1.89. The molecule has 0 aliphatic carbocycles. The molecule has 3 N–H and O–H groups in total. The summed E-state index contributed by atoms with van der Waals surface area (Å²) in [4.78, 5) is 2.09. The average Bonchev–Trinajstić information content (AvgIpc) is 2.01. The first kappa shape index (κ1) is 11.6. The topological polar surface area (TPSA) is 55.7 Å². The molecule has 11 heavy (non-hydrogen) atoms. The van der Waals surface area contributed by atoms with Gasteiger partial charge >= 0.3 is 0 Å². The predicted octanol–water partition coefficient (Wildman–Crippen LogP) is -0.306. The molecular weight excluding hydrogens is 259 g/mol. The number of halogens is 1. The minimum absolute atomic E-state index is 0.183. The van der Waals surface area contributed by atoms with E-state index < -0.39 is 0 Å². The van der Waals surface area contributed by atoms with Gasteiger partial charge in [0.15, 0.2) is 0 Å². The third kappa shape index (κ3) is 6.95. The molecule has 0 atom stereocenters. The molecule has 0 heterocycles. The Hall–Kier alpha value is 0.570. The van der Waals surface area contributed by atoms with Crippen molar-refractivity contribution >= 4 is 22.6 Å². The maximum Gasteiger partial charge on any atom is 0.0558 e. The van der Waals surface area contributed by atoms with Gasteiger partial charge in [-0.3, -0.25) is 4.90 Å². The van der Waals surface area contributed by atoms with E-state index in [1.165, 1.54) is 0 Å². The van der Waals surface area contributed by atoms with E-state index in [0.29, 0.717) is 13.1 Å². The number of alkyl halides is 1. The summed E-state index contributed by atoms with van der Waals surface area (Å²) < 4.78 is 1.04. The summed E-state index contributed by atoms with van der Waals surface area (Å²) in [5, 5.41) is 16.9. The summed E-state index contributed by atoms with van der Waals surface area (Å²) >= 11 is 2.29. The fraction of sp³-hybridized carbons (Fsp3) is 1.00. The van der Waals surface area contributed by atoms with Gasteiger partial charge in [0.05, 0.1) is 6.61 Å². The molecule has 68 valence electrons. The van der Waals surface area contributed by atoms with Crippen molar-refractivity contribution in [3.8, 4) is 0 Å². The van der Waals surface area contributed by atoms with E-state index in [4.69, 9.17) is 10.3 Å². The molecule has 0 spiro atoms. The molecule has 0 bridgehead atoms. The van der Waals surface area contributed by atoms with E-state index in [-0.39, 0.29) is 6.61 Å². The molecule has 0 aromatic heterocycles. The first-order valence-corrected chi connectivity index (χ1v) is 5.13. The van der Waals surface area contributed by atoms with Crippen LogP contribution in [0.15, 0.2) is 0 Å². The lowest BCUT2D eigenvalue weighted by atomic mass is 10.4. The molecule has 5 heteroatoms. The molecule has 0 aliphatic rings. The Morgan fingerprint density at radius 3 is 2.45 bits per heavy atom. The molecule has 0 radical (unpaired) electrons. The molecule has 0 amide bonds. The van der Waals surface area contributed by atoms with Crippen molar-refractivity contribution in [1.82, 2.24) is 10.4 Å². The van der Waals surface area contributed by atoms with Crippen LogP contribution in [0.3, 0.4) is 0 Å². The molecular formula is C6H15IN2O2. The second-order valence-electron chi connectivity index (χ2n) is 2.16. The van der Waals surface area contributed by atoms with E-state index in [0.717, 1.165) is 17.5 Å². The van der Waals surface area contributed by atoms with Gasteiger partial charge in [0.1, 0.15) is 0 Å². The molecule has 0 unspecified atom stereocenters. The highest BCUT2D eigenvalue weighted by Gasteiger charge is 2.00. The van der Waals surface area contributed by atoms with Crippen LogP contribution in [0, 0.1) is 0 Å². The van der Waals surface area contributed by atoms with Crippen LogP contribution in [-0.2, 0) is 0 Å². The van der Waals surface area contributed by atoms with Crippen molar-refractivity contribution in [3.05, 3.63) is 0 Å². The van der Waals surface area contributed by atoms with Gasteiger partial charge in [-0.2, -0.15) is 0 Å². The maximum atomic E-state index is 8.64. The zero-order chi connectivity index (χ0) is 8.53. The number of hydrogen-bond donors (Lipinski definition) is 3. The zero-order valence-corrected chi connectivity index (χ0v) is 8.62. The number of aliphatic hydroxyl groups excluding tert-OH is 1. The molecule has 0 rings (SSSR count). The third-order valence-corrected chi connectivity index (χ3v) is 1.84. The standard InChI is InChI=1S/C6H15IN2O2/c7-1-3-9(5-6-10)4-2-8-11/h8,10-11H,1-6H2. The summed E-state index contributed by atoms with van der Waals surface area (Å²) in [6.07, 6.45) is 0. The molecule has 4 nitrogen and oxygen atoms in total. The van der Waals surface area contributed by atoms with Crippen molar-refractivity contribution < 1.29 is 10.3 Å². The minimum Gasteiger partial charge on any atom is -0.395 e. The maximum absolute atomic E-state index is 8.64. The molecule has 0 saturated heterocycles. The Bertz CT molecular complexity index is 79.0. The minimum atomic E-state index is 0.183. The van der Waals surface area contributed by atoms with Gasteiger partial charge in [0, 0.05) is 30.6 Å². The number of rotatable bonds is 7. The number of hydrogen-bond acceptors (Lipinski definition) is 4. The lowest BCUT2D eigenvalue weighted by molar-refractivity contribution is 0.139. The SMILES string of the molecule is OCCN(CCI)CCNO. The van der Waals surface area contributed by atoms with Crippen LogP contribution in [0.25, 0.3) is 0 Å². The lowest BCUT2D eigenvalue weighted by Crippen LogP contribution is -2.34. The van der Waals surface area contributed by atoms with Gasteiger partial charge in [-0.1, -0.05) is 22.6 Å². The van der Waals surface area contributed by atoms with Crippen molar-refractivity contribution in [1.29, 1.82) is 0 Å². The predicted molar refractivity (Wildman–Crippen MR) is 52.2 cm³/mol. The van der Waals surface area contributed by atoms with E-state index >= 15 is 0 Å². The Balaban J connectivity index is 3.34. The van der Waals surface area contributed by atoms with Gasteiger partial charge in [-0.25, -0.2) is 5.48 Å². The van der Waals surface area contributed by atoms with Gasteiger partial charge in [-0.05, 0) is 0 Å². The number of hydroxylamine groups is 1. The smallest absolute Gasteiger partial charge is 0.0558 e. The Morgan fingerprint density at radius 1 is 1.27 bits per heavy atom. The van der Waals surface area contributed by atoms with Crippen molar-refractivity contribution in [3.63, 3.8) is 0 Å². The Morgan fingerprint density at radius 2 is 2.00 bits per heavy atom. The fourth-order valence-corrected chi connectivity index (χ4v) is 1.49. The normalized spacial score (nSPS) is 10.9. The monoisotopic (exact) mass is 274 g/mol. The number of nitrogens with one attached hydrogen (secondary N) is 1. The quantitative estimate of drug-likeness (QED) is 0.339. The summed E-state index contributed by atoms with van der Waals surface area (Å²) in [5.41, 5.74) is 2.09. The molecule has 0 aromatic rings. The molecule has 0 aromatic carbocycles. The molecule has 0 fully saturated rings. The van der Waals surface area contributed by atoms with E-state index in [1.807, 2.05) is 0 Å². The number of aliphatic hydroxyl groups is 1. The van der Waals surface area contributed by atoms with Gasteiger partial charge in [-0.15, -0.1) is 0 Å². The van der Waals surface area contributed by atoms with E-state index in [9.17, 15) is 0 Å². The highest BCUT2D eigenvalue weighted by molar-refractivity contribution is 14.1. The summed E-state index contributed by atoms with van der Waals surface area (Å²) in [5.74, 6) is 0. The van der Waals surface area contributed by atoms with Crippen molar-refractivity contribution in [2.75, 3.05) is 37.2 Å². The van der Waals surface area contributed by atoms with Crippen LogP contribution in [0.5, 0.6) is 0 Å². The summed E-state index contributed by atoms with van der Waals surface area (Å²) in [6.45, 7) is 3.16. The van der Waals surface area contributed by atoms with Gasteiger partial charge in [0.2, 0.25) is 0 Å². The fourth-order valence-electron chi connectivity index (χ4n) is 0.804. The van der Waals surface area contributed by atoms with Crippen molar-refractivity contribution in [2.24, 2.45) is 0 Å². The van der Waals surface area contributed by atoms with E-state index in [1.54, 1.807) is 0 Å². The zero-order valence-electron chi connectivity index (χ0n) is 6.46. The first-order valence-electron chi connectivity index (χ1n) is 3.61. The Labute approximate surface area is 80.7 Å². The van der Waals surface area contributed by atoms with Crippen LogP contribution in [0.4, 0.5) is 0 Å². The first-order chi connectivity index (χ1) is 5.35. The highest BCUT2D eigenvalue weighted by atomic mass is 127. The van der Waals surface area contributed by atoms with E-state index in [2.05, 4.69) is 33.0 Å². The van der Waals surface area contributed by atoms with Crippen LogP contribution in [0.1, 0.15) is 0 Å². The van der Waals surface area contributed by atoms with Gasteiger partial charge < -0.3 is 10.3 Å². The lowest BCUT2D eigenvalue weighted by Gasteiger charge is -2.18. The number of nitrogens with zero attached hydrogens (tertiary/aromatic N) is 1. The summed E-state index contributed by atoms with van der Waals surface area (Å²) in [7, 11) is 0. The second-order valence-corrected chi connectivity index (χ2v) is 3.24. The second kappa shape index (κ2) is 8.66. The van der Waals surface area contributed by atoms with Crippen LogP contribution < -0.4 is 5.48 Å². The van der Waals surface area contributed by atoms with Crippen LogP contribution in [0.2, 0.25) is 0 Å². The van der Waals surface area contributed by atoms with Crippen LogP contribution in [-0.4, -0.2) is 52.4 Å². The molecule has 0 saturated carbocycles. The van der Waals surface area contributed by atoms with Gasteiger partial charge in [0.25, 0.3) is 0 Å². The summed E-state index contributed by atoms with van der Waals surface area (Å²) in [6, 6.07) is 0. The molecule has 0 aliphatic heterocycles. The average molecular weight is 274 g/mol. The largest absolute Gasteiger partial charge is 0.395 e.